The second-order valence-electron chi connectivity index (χ2n) is 6.43. The Balaban J connectivity index is 1.93. The van der Waals surface area contributed by atoms with Crippen molar-refractivity contribution < 1.29 is 14.2 Å². The van der Waals surface area contributed by atoms with Gasteiger partial charge in [0.1, 0.15) is 5.75 Å². The molecule has 1 atom stereocenters. The van der Waals surface area contributed by atoms with Gasteiger partial charge in [-0.05, 0) is 67.8 Å². The molecule has 0 spiro atoms. The first kappa shape index (κ1) is 17.6. The zero-order valence-corrected chi connectivity index (χ0v) is 15.5. The van der Waals surface area contributed by atoms with Gasteiger partial charge in [-0.1, -0.05) is 12.1 Å². The Bertz CT molecular complexity index is 712. The number of methoxy groups -OCH3 is 2. The highest BCUT2D eigenvalue weighted by Gasteiger charge is 2.27. The van der Waals surface area contributed by atoms with Gasteiger partial charge in [0, 0.05) is 12.6 Å². The topological polar surface area (TPSA) is 30.9 Å². The molecule has 0 radical (unpaired) electrons. The SMILES string of the molecule is CCOc1cc2c(cc1OC)CCN(C)C2Cc1ccc(OC)cc1. The minimum atomic E-state index is 0.335. The van der Waals surface area contributed by atoms with Gasteiger partial charge in [-0.3, -0.25) is 4.90 Å². The molecule has 134 valence electrons. The van der Waals surface area contributed by atoms with Crippen LogP contribution in [0.5, 0.6) is 17.2 Å². The first-order valence-corrected chi connectivity index (χ1v) is 8.83. The van der Waals surface area contributed by atoms with Gasteiger partial charge in [0.25, 0.3) is 0 Å². The van der Waals surface area contributed by atoms with Crippen LogP contribution in [0.1, 0.15) is 29.7 Å². The van der Waals surface area contributed by atoms with Crippen molar-refractivity contribution in [3.63, 3.8) is 0 Å². The molecule has 3 rings (SSSR count). The normalized spacial score (nSPS) is 17.0. The molecule has 0 N–H and O–H groups in total. The number of likely N-dealkylation sites (N-methyl/N-ethyl adjacent to an activating group) is 1. The van der Waals surface area contributed by atoms with E-state index in [2.05, 4.69) is 36.2 Å². The molecule has 1 aliphatic rings. The summed E-state index contributed by atoms with van der Waals surface area (Å²) in [4.78, 5) is 2.43. The summed E-state index contributed by atoms with van der Waals surface area (Å²) >= 11 is 0. The van der Waals surface area contributed by atoms with Gasteiger partial charge in [0.05, 0.1) is 20.8 Å². The molecule has 1 aliphatic heterocycles. The molecule has 4 heteroatoms. The van der Waals surface area contributed by atoms with Gasteiger partial charge in [-0.25, -0.2) is 0 Å². The summed E-state index contributed by atoms with van der Waals surface area (Å²) in [5.74, 6) is 2.55. The largest absolute Gasteiger partial charge is 0.497 e. The van der Waals surface area contributed by atoms with Crippen molar-refractivity contribution in [2.24, 2.45) is 0 Å². The van der Waals surface area contributed by atoms with Gasteiger partial charge < -0.3 is 14.2 Å². The van der Waals surface area contributed by atoms with Crippen molar-refractivity contribution in [3.05, 3.63) is 53.1 Å². The van der Waals surface area contributed by atoms with Crippen molar-refractivity contribution >= 4 is 0 Å². The van der Waals surface area contributed by atoms with E-state index in [-0.39, 0.29) is 0 Å². The second-order valence-corrected chi connectivity index (χ2v) is 6.43. The van der Waals surface area contributed by atoms with Crippen LogP contribution in [-0.2, 0) is 12.8 Å². The van der Waals surface area contributed by atoms with Gasteiger partial charge in [-0.15, -0.1) is 0 Å². The quantitative estimate of drug-likeness (QED) is 0.798. The summed E-state index contributed by atoms with van der Waals surface area (Å²) in [5, 5.41) is 0. The highest BCUT2D eigenvalue weighted by molar-refractivity contribution is 5.50. The Morgan fingerprint density at radius 1 is 1.04 bits per heavy atom. The molecule has 0 fully saturated rings. The van der Waals surface area contributed by atoms with Crippen LogP contribution in [0.3, 0.4) is 0 Å². The molecule has 25 heavy (non-hydrogen) atoms. The average molecular weight is 341 g/mol. The fourth-order valence-corrected chi connectivity index (χ4v) is 3.51. The van der Waals surface area contributed by atoms with Crippen molar-refractivity contribution in [2.75, 3.05) is 34.4 Å². The highest BCUT2D eigenvalue weighted by atomic mass is 16.5. The van der Waals surface area contributed by atoms with Crippen molar-refractivity contribution in [1.29, 1.82) is 0 Å². The fraction of sp³-hybridized carbons (Fsp3) is 0.429. The lowest BCUT2D eigenvalue weighted by Gasteiger charge is -2.35. The summed E-state index contributed by atoms with van der Waals surface area (Å²) < 4.78 is 16.6. The maximum Gasteiger partial charge on any atom is 0.161 e. The van der Waals surface area contributed by atoms with E-state index in [4.69, 9.17) is 14.2 Å². The summed E-state index contributed by atoms with van der Waals surface area (Å²) in [6, 6.07) is 13.0. The predicted molar refractivity (Wildman–Crippen MR) is 99.9 cm³/mol. The van der Waals surface area contributed by atoms with Gasteiger partial charge in [-0.2, -0.15) is 0 Å². The zero-order chi connectivity index (χ0) is 17.8. The number of nitrogens with zero attached hydrogens (tertiary/aromatic N) is 1. The van der Waals surface area contributed by atoms with Crippen LogP contribution in [0.25, 0.3) is 0 Å². The average Bonchev–Trinajstić information content (AvgIpc) is 2.64. The van der Waals surface area contributed by atoms with E-state index < -0.39 is 0 Å². The third-order valence-electron chi connectivity index (χ3n) is 4.94. The third-order valence-corrected chi connectivity index (χ3v) is 4.94. The van der Waals surface area contributed by atoms with Gasteiger partial charge >= 0.3 is 0 Å². The molecule has 1 heterocycles. The molecule has 0 saturated heterocycles. The summed E-state index contributed by atoms with van der Waals surface area (Å²) in [6.45, 7) is 3.68. The van der Waals surface area contributed by atoms with E-state index in [0.29, 0.717) is 12.6 Å². The summed E-state index contributed by atoms with van der Waals surface area (Å²) in [5.41, 5.74) is 4.00. The standard InChI is InChI=1S/C21H27NO3/c1-5-25-21-14-18-16(13-20(21)24-4)10-11-22(2)19(18)12-15-6-8-17(23-3)9-7-15/h6-9,13-14,19H,5,10-12H2,1-4H3. The minimum absolute atomic E-state index is 0.335. The molecule has 2 aromatic rings. The van der Waals surface area contributed by atoms with Crippen LogP contribution in [0.15, 0.2) is 36.4 Å². The molecule has 0 aliphatic carbocycles. The number of fused-ring (bicyclic) bond motifs is 1. The Labute approximate surface area is 150 Å². The van der Waals surface area contributed by atoms with Crippen molar-refractivity contribution in [1.82, 2.24) is 4.90 Å². The number of ether oxygens (including phenoxy) is 3. The lowest BCUT2D eigenvalue weighted by molar-refractivity contribution is 0.227. The minimum Gasteiger partial charge on any atom is -0.497 e. The Morgan fingerprint density at radius 3 is 2.44 bits per heavy atom. The van der Waals surface area contributed by atoms with E-state index >= 15 is 0 Å². The molecule has 1 unspecified atom stereocenters. The molecular weight excluding hydrogens is 314 g/mol. The van der Waals surface area contributed by atoms with Gasteiger partial charge in [0.15, 0.2) is 11.5 Å². The van der Waals surface area contributed by atoms with E-state index in [0.717, 1.165) is 36.6 Å². The van der Waals surface area contributed by atoms with Crippen LogP contribution in [0, 0.1) is 0 Å². The molecule has 0 saturated carbocycles. The first-order chi connectivity index (χ1) is 12.2. The monoisotopic (exact) mass is 341 g/mol. The number of hydrogen-bond donors (Lipinski definition) is 0. The highest BCUT2D eigenvalue weighted by Crippen LogP contribution is 2.39. The maximum absolute atomic E-state index is 5.80. The van der Waals surface area contributed by atoms with Crippen LogP contribution < -0.4 is 14.2 Å². The van der Waals surface area contributed by atoms with Crippen molar-refractivity contribution in [3.8, 4) is 17.2 Å². The van der Waals surface area contributed by atoms with Crippen LogP contribution in [0.2, 0.25) is 0 Å². The number of hydrogen-bond acceptors (Lipinski definition) is 4. The number of benzene rings is 2. The lowest BCUT2D eigenvalue weighted by Crippen LogP contribution is -2.33. The first-order valence-electron chi connectivity index (χ1n) is 8.83. The third kappa shape index (κ3) is 3.74. The van der Waals surface area contributed by atoms with E-state index in [1.165, 1.54) is 16.7 Å². The van der Waals surface area contributed by atoms with Crippen LogP contribution in [-0.4, -0.2) is 39.3 Å². The van der Waals surface area contributed by atoms with Crippen LogP contribution >= 0.6 is 0 Å². The van der Waals surface area contributed by atoms with Gasteiger partial charge in [0.2, 0.25) is 0 Å². The molecular formula is C21H27NO3. The van der Waals surface area contributed by atoms with E-state index in [9.17, 15) is 0 Å². The van der Waals surface area contributed by atoms with E-state index in [1.807, 2.05) is 19.1 Å². The Kier molecular flexibility index (Phi) is 5.49. The smallest absolute Gasteiger partial charge is 0.161 e. The van der Waals surface area contributed by atoms with Crippen molar-refractivity contribution in [2.45, 2.75) is 25.8 Å². The molecule has 0 amide bonds. The molecule has 2 aromatic carbocycles. The summed E-state index contributed by atoms with van der Waals surface area (Å²) in [6.07, 6.45) is 2.00. The summed E-state index contributed by atoms with van der Waals surface area (Å²) in [7, 11) is 5.60. The molecule has 0 bridgehead atoms. The maximum atomic E-state index is 5.80. The molecule has 0 aromatic heterocycles. The Morgan fingerprint density at radius 2 is 1.80 bits per heavy atom. The van der Waals surface area contributed by atoms with Crippen LogP contribution in [0.4, 0.5) is 0 Å². The zero-order valence-electron chi connectivity index (χ0n) is 15.5. The number of rotatable bonds is 6. The second kappa shape index (κ2) is 7.79. The predicted octanol–water partition coefficient (Wildman–Crippen LogP) is 3.87. The lowest BCUT2D eigenvalue weighted by atomic mass is 9.88. The van der Waals surface area contributed by atoms with E-state index in [1.54, 1.807) is 14.2 Å². The molecule has 4 nitrogen and oxygen atoms in total. The fourth-order valence-electron chi connectivity index (χ4n) is 3.51. The Hall–Kier alpha value is -2.20.